The molecule has 0 amide bonds. The van der Waals surface area contributed by atoms with Crippen molar-refractivity contribution in [3.8, 4) is 5.75 Å². The second-order valence-electron chi connectivity index (χ2n) is 7.64. The summed E-state index contributed by atoms with van der Waals surface area (Å²) in [6, 6.07) is 12.6. The molecule has 6 nitrogen and oxygen atoms in total. The number of nitrogens with zero attached hydrogens (tertiary/aromatic N) is 3. The highest BCUT2D eigenvalue weighted by Crippen LogP contribution is 2.18. The first-order valence-corrected chi connectivity index (χ1v) is 10.7. The standard InChI is InChI=1S/C23H32FN5O.HI/c1-4-25-23(26-16-18(3)30-21-10-8-19(24)9-11-21)28-20-12-14-29(15-13-20)22-7-5-6-17(2)27-22;/h5-11,18,20H,4,12-16H2,1-3H3,(H2,25,26,28);1H. The second kappa shape index (κ2) is 12.7. The maximum atomic E-state index is 13.0. The quantitative estimate of drug-likeness (QED) is 0.314. The predicted octanol–water partition coefficient (Wildman–Crippen LogP) is 4.14. The predicted molar refractivity (Wildman–Crippen MR) is 135 cm³/mol. The minimum Gasteiger partial charge on any atom is -0.489 e. The highest BCUT2D eigenvalue weighted by molar-refractivity contribution is 14.0. The van der Waals surface area contributed by atoms with E-state index in [-0.39, 0.29) is 35.9 Å². The van der Waals surface area contributed by atoms with Crippen LogP contribution in [0.4, 0.5) is 10.2 Å². The van der Waals surface area contributed by atoms with Crippen LogP contribution in [-0.4, -0.2) is 49.3 Å². The first-order chi connectivity index (χ1) is 14.5. The van der Waals surface area contributed by atoms with Crippen molar-refractivity contribution in [2.75, 3.05) is 31.1 Å². The Bertz CT molecular complexity index is 825. The van der Waals surface area contributed by atoms with E-state index in [1.54, 1.807) is 12.1 Å². The molecule has 0 radical (unpaired) electrons. The van der Waals surface area contributed by atoms with Crippen LogP contribution in [-0.2, 0) is 0 Å². The van der Waals surface area contributed by atoms with Crippen molar-refractivity contribution >= 4 is 35.8 Å². The largest absolute Gasteiger partial charge is 0.489 e. The maximum absolute atomic E-state index is 13.0. The number of piperidine rings is 1. The molecular weight excluding hydrogens is 508 g/mol. The van der Waals surface area contributed by atoms with E-state index in [9.17, 15) is 4.39 Å². The van der Waals surface area contributed by atoms with Gasteiger partial charge in [-0.2, -0.15) is 0 Å². The van der Waals surface area contributed by atoms with Gasteiger partial charge in [-0.1, -0.05) is 6.07 Å². The number of halogens is 2. The van der Waals surface area contributed by atoms with E-state index in [0.29, 0.717) is 18.3 Å². The topological polar surface area (TPSA) is 61.8 Å². The van der Waals surface area contributed by atoms with Crippen LogP contribution < -0.4 is 20.3 Å². The van der Waals surface area contributed by atoms with Crippen molar-refractivity contribution in [1.29, 1.82) is 0 Å². The Balaban J connectivity index is 0.00000341. The third kappa shape index (κ3) is 8.16. The first kappa shape index (κ1) is 25.2. The Morgan fingerprint density at radius 2 is 1.94 bits per heavy atom. The lowest BCUT2D eigenvalue weighted by Gasteiger charge is -2.34. The van der Waals surface area contributed by atoms with E-state index in [0.717, 1.165) is 49.9 Å². The number of aryl methyl sites for hydroxylation is 1. The van der Waals surface area contributed by atoms with E-state index in [4.69, 9.17) is 4.74 Å². The molecule has 1 aliphatic rings. The van der Waals surface area contributed by atoms with Crippen molar-refractivity contribution in [3.05, 3.63) is 54.0 Å². The van der Waals surface area contributed by atoms with Gasteiger partial charge in [0.15, 0.2) is 5.96 Å². The third-order valence-electron chi connectivity index (χ3n) is 5.04. The van der Waals surface area contributed by atoms with Crippen LogP contribution in [0.15, 0.2) is 47.5 Å². The number of pyridine rings is 1. The summed E-state index contributed by atoms with van der Waals surface area (Å²) in [6.07, 6.45) is 1.95. The van der Waals surface area contributed by atoms with Crippen molar-refractivity contribution in [1.82, 2.24) is 15.6 Å². The van der Waals surface area contributed by atoms with Gasteiger partial charge in [0.25, 0.3) is 0 Å². The zero-order valence-electron chi connectivity index (χ0n) is 18.5. The highest BCUT2D eigenvalue weighted by atomic mass is 127. The molecule has 1 aliphatic heterocycles. The Hall–Kier alpha value is -2.10. The molecule has 170 valence electrons. The molecule has 8 heteroatoms. The molecule has 2 heterocycles. The minimum absolute atomic E-state index is 0. The van der Waals surface area contributed by atoms with Gasteiger partial charge in [-0.05, 0) is 70.0 Å². The van der Waals surface area contributed by atoms with Crippen LogP contribution in [0.2, 0.25) is 0 Å². The Labute approximate surface area is 201 Å². The number of aliphatic imine (C=N–C) groups is 1. The highest BCUT2D eigenvalue weighted by Gasteiger charge is 2.21. The number of ether oxygens (including phenoxy) is 1. The molecule has 1 unspecified atom stereocenters. The molecule has 2 N–H and O–H groups in total. The lowest BCUT2D eigenvalue weighted by molar-refractivity contribution is 0.230. The van der Waals surface area contributed by atoms with E-state index in [1.165, 1.54) is 12.1 Å². The van der Waals surface area contributed by atoms with E-state index < -0.39 is 0 Å². The lowest BCUT2D eigenvalue weighted by atomic mass is 10.1. The number of nitrogens with one attached hydrogen (secondary N) is 2. The average molecular weight is 541 g/mol. The number of anilines is 1. The second-order valence-corrected chi connectivity index (χ2v) is 7.64. The van der Waals surface area contributed by atoms with Crippen molar-refractivity contribution in [3.63, 3.8) is 0 Å². The summed E-state index contributed by atoms with van der Waals surface area (Å²) < 4.78 is 18.8. The lowest BCUT2D eigenvalue weighted by Crippen LogP contribution is -2.49. The maximum Gasteiger partial charge on any atom is 0.191 e. The monoisotopic (exact) mass is 541 g/mol. The summed E-state index contributed by atoms with van der Waals surface area (Å²) in [6.45, 7) is 9.29. The Morgan fingerprint density at radius 1 is 1.23 bits per heavy atom. The number of guanidine groups is 1. The van der Waals surface area contributed by atoms with Crippen LogP contribution in [0.25, 0.3) is 0 Å². The van der Waals surface area contributed by atoms with Gasteiger partial charge >= 0.3 is 0 Å². The van der Waals surface area contributed by atoms with Crippen molar-refractivity contribution in [2.45, 2.75) is 45.8 Å². The zero-order chi connectivity index (χ0) is 21.3. The summed E-state index contributed by atoms with van der Waals surface area (Å²) >= 11 is 0. The number of hydrogen-bond donors (Lipinski definition) is 2. The van der Waals surface area contributed by atoms with E-state index in [2.05, 4.69) is 44.6 Å². The summed E-state index contributed by atoms with van der Waals surface area (Å²) in [7, 11) is 0. The summed E-state index contributed by atoms with van der Waals surface area (Å²) in [4.78, 5) is 11.7. The molecule has 3 rings (SSSR count). The molecule has 2 aromatic rings. The normalized spacial score (nSPS) is 15.7. The van der Waals surface area contributed by atoms with Crippen LogP contribution >= 0.6 is 24.0 Å². The third-order valence-corrected chi connectivity index (χ3v) is 5.04. The van der Waals surface area contributed by atoms with Gasteiger partial charge < -0.3 is 20.3 Å². The Kier molecular flexibility index (Phi) is 10.3. The average Bonchev–Trinajstić information content (AvgIpc) is 2.74. The fourth-order valence-corrected chi connectivity index (χ4v) is 3.47. The molecule has 0 bridgehead atoms. The van der Waals surface area contributed by atoms with Gasteiger partial charge in [0, 0.05) is 31.4 Å². The molecule has 0 aliphatic carbocycles. The van der Waals surface area contributed by atoms with Crippen LogP contribution in [0.3, 0.4) is 0 Å². The number of hydrogen-bond acceptors (Lipinski definition) is 4. The molecule has 0 spiro atoms. The van der Waals surface area contributed by atoms with Crippen LogP contribution in [0, 0.1) is 12.7 Å². The van der Waals surface area contributed by atoms with Gasteiger partial charge in [-0.3, -0.25) is 0 Å². The van der Waals surface area contributed by atoms with Gasteiger partial charge in [-0.15, -0.1) is 24.0 Å². The van der Waals surface area contributed by atoms with Crippen LogP contribution in [0.1, 0.15) is 32.4 Å². The fraction of sp³-hybridized carbons (Fsp3) is 0.478. The molecule has 1 saturated heterocycles. The summed E-state index contributed by atoms with van der Waals surface area (Å²) in [5.74, 6) is 2.24. The summed E-state index contributed by atoms with van der Waals surface area (Å²) in [5, 5.41) is 6.87. The Morgan fingerprint density at radius 3 is 2.58 bits per heavy atom. The molecule has 0 saturated carbocycles. The van der Waals surface area contributed by atoms with Gasteiger partial charge in [0.05, 0.1) is 6.54 Å². The SMILES string of the molecule is CCNC(=NCC(C)Oc1ccc(F)cc1)NC1CCN(c2cccc(C)n2)CC1.I. The molecular formula is C23H33FIN5O. The smallest absolute Gasteiger partial charge is 0.191 e. The minimum atomic E-state index is -0.268. The zero-order valence-corrected chi connectivity index (χ0v) is 20.8. The van der Waals surface area contributed by atoms with Gasteiger partial charge in [0.1, 0.15) is 23.5 Å². The van der Waals surface area contributed by atoms with Crippen molar-refractivity contribution in [2.24, 2.45) is 4.99 Å². The molecule has 1 fully saturated rings. The van der Waals surface area contributed by atoms with Gasteiger partial charge in [0.2, 0.25) is 0 Å². The van der Waals surface area contributed by atoms with Crippen LogP contribution in [0.5, 0.6) is 5.75 Å². The number of rotatable bonds is 7. The van der Waals surface area contributed by atoms with E-state index in [1.807, 2.05) is 19.9 Å². The molecule has 1 aromatic carbocycles. The molecule has 1 atom stereocenters. The fourth-order valence-electron chi connectivity index (χ4n) is 3.47. The van der Waals surface area contributed by atoms with Crippen molar-refractivity contribution < 1.29 is 9.13 Å². The van der Waals surface area contributed by atoms with E-state index >= 15 is 0 Å². The number of aromatic nitrogens is 1. The first-order valence-electron chi connectivity index (χ1n) is 10.7. The number of benzene rings is 1. The molecule has 1 aromatic heterocycles. The molecule has 31 heavy (non-hydrogen) atoms. The van der Waals surface area contributed by atoms with Gasteiger partial charge in [-0.25, -0.2) is 14.4 Å². The summed E-state index contributed by atoms with van der Waals surface area (Å²) in [5.41, 5.74) is 1.05.